The van der Waals surface area contributed by atoms with Crippen LogP contribution in [0.3, 0.4) is 0 Å². The number of para-hydroxylation sites is 1. The SMILES string of the molecule is CCNC(CN(C)C1CC1)c1cc2ccccc2o1. The van der Waals surface area contributed by atoms with Crippen molar-refractivity contribution in [2.24, 2.45) is 0 Å². The van der Waals surface area contributed by atoms with Crippen molar-refractivity contribution in [2.75, 3.05) is 20.1 Å². The van der Waals surface area contributed by atoms with Crippen molar-refractivity contribution >= 4 is 11.0 Å². The van der Waals surface area contributed by atoms with E-state index in [9.17, 15) is 0 Å². The van der Waals surface area contributed by atoms with Gasteiger partial charge in [-0.25, -0.2) is 0 Å². The Hall–Kier alpha value is -1.32. The zero-order valence-corrected chi connectivity index (χ0v) is 11.7. The van der Waals surface area contributed by atoms with Gasteiger partial charge < -0.3 is 14.6 Å². The molecule has 2 aromatic rings. The van der Waals surface area contributed by atoms with E-state index in [1.54, 1.807) is 0 Å². The minimum atomic E-state index is 0.281. The molecule has 1 saturated carbocycles. The molecule has 102 valence electrons. The molecule has 1 fully saturated rings. The number of hydrogen-bond donors (Lipinski definition) is 1. The average Bonchev–Trinajstić information content (AvgIpc) is 3.17. The first kappa shape index (κ1) is 12.7. The van der Waals surface area contributed by atoms with Gasteiger partial charge in [0.05, 0.1) is 6.04 Å². The quantitative estimate of drug-likeness (QED) is 0.862. The maximum Gasteiger partial charge on any atom is 0.134 e. The van der Waals surface area contributed by atoms with Crippen LogP contribution in [0.15, 0.2) is 34.7 Å². The summed E-state index contributed by atoms with van der Waals surface area (Å²) in [5.41, 5.74) is 0.981. The van der Waals surface area contributed by atoms with E-state index < -0.39 is 0 Å². The third kappa shape index (κ3) is 2.82. The molecule has 1 aliphatic carbocycles. The van der Waals surface area contributed by atoms with Crippen LogP contribution in [0.2, 0.25) is 0 Å². The van der Waals surface area contributed by atoms with Gasteiger partial charge in [0.2, 0.25) is 0 Å². The molecule has 1 aliphatic rings. The van der Waals surface area contributed by atoms with Crippen molar-refractivity contribution in [3.8, 4) is 0 Å². The van der Waals surface area contributed by atoms with Crippen LogP contribution in [-0.4, -0.2) is 31.1 Å². The van der Waals surface area contributed by atoms with Crippen LogP contribution in [0.5, 0.6) is 0 Å². The van der Waals surface area contributed by atoms with Crippen molar-refractivity contribution in [3.05, 3.63) is 36.1 Å². The van der Waals surface area contributed by atoms with E-state index in [-0.39, 0.29) is 6.04 Å². The molecule has 0 saturated heterocycles. The molecule has 1 heterocycles. The maximum absolute atomic E-state index is 5.99. The van der Waals surface area contributed by atoms with E-state index >= 15 is 0 Å². The second-order valence-corrected chi connectivity index (χ2v) is 5.47. The highest BCUT2D eigenvalue weighted by atomic mass is 16.3. The lowest BCUT2D eigenvalue weighted by atomic mass is 10.2. The summed E-state index contributed by atoms with van der Waals surface area (Å²) in [6.07, 6.45) is 2.69. The van der Waals surface area contributed by atoms with Gasteiger partial charge in [-0.2, -0.15) is 0 Å². The Morgan fingerprint density at radius 3 is 2.84 bits per heavy atom. The fraction of sp³-hybridized carbons (Fsp3) is 0.500. The van der Waals surface area contributed by atoms with Crippen LogP contribution >= 0.6 is 0 Å². The second-order valence-electron chi connectivity index (χ2n) is 5.47. The van der Waals surface area contributed by atoms with Gasteiger partial charge in [-0.15, -0.1) is 0 Å². The minimum absolute atomic E-state index is 0.281. The Labute approximate surface area is 114 Å². The molecule has 0 bridgehead atoms. The van der Waals surface area contributed by atoms with Crippen molar-refractivity contribution in [3.63, 3.8) is 0 Å². The van der Waals surface area contributed by atoms with E-state index in [1.807, 2.05) is 12.1 Å². The topological polar surface area (TPSA) is 28.4 Å². The zero-order chi connectivity index (χ0) is 13.2. The Balaban J connectivity index is 1.81. The van der Waals surface area contributed by atoms with Crippen molar-refractivity contribution < 1.29 is 4.42 Å². The second kappa shape index (κ2) is 5.35. The van der Waals surface area contributed by atoms with Gasteiger partial charge in [0, 0.05) is 18.0 Å². The molecule has 1 atom stereocenters. The van der Waals surface area contributed by atoms with E-state index in [2.05, 4.69) is 42.4 Å². The fourth-order valence-electron chi connectivity index (χ4n) is 2.63. The Bertz CT molecular complexity index is 511. The number of nitrogens with one attached hydrogen (secondary N) is 1. The van der Waals surface area contributed by atoms with Gasteiger partial charge in [0.15, 0.2) is 0 Å². The Morgan fingerprint density at radius 1 is 1.37 bits per heavy atom. The molecule has 1 aromatic heterocycles. The molecule has 0 spiro atoms. The van der Waals surface area contributed by atoms with Crippen LogP contribution in [0.25, 0.3) is 11.0 Å². The van der Waals surface area contributed by atoms with E-state index in [1.165, 1.54) is 18.2 Å². The zero-order valence-electron chi connectivity index (χ0n) is 11.7. The van der Waals surface area contributed by atoms with Crippen molar-refractivity contribution in [2.45, 2.75) is 31.8 Å². The third-order valence-corrected chi connectivity index (χ3v) is 3.88. The standard InChI is InChI=1S/C16H22N2O/c1-3-17-14(11-18(2)13-8-9-13)16-10-12-6-4-5-7-15(12)19-16/h4-7,10,13-14,17H,3,8-9,11H2,1-2H3. The van der Waals surface area contributed by atoms with Crippen molar-refractivity contribution in [1.29, 1.82) is 0 Å². The summed E-state index contributed by atoms with van der Waals surface area (Å²) < 4.78 is 5.99. The lowest BCUT2D eigenvalue weighted by Crippen LogP contribution is -2.33. The molecular formula is C16H22N2O. The van der Waals surface area contributed by atoms with Gasteiger partial charge >= 0.3 is 0 Å². The van der Waals surface area contributed by atoms with E-state index in [0.717, 1.165) is 30.5 Å². The van der Waals surface area contributed by atoms with Gasteiger partial charge in [-0.3, -0.25) is 0 Å². The number of rotatable bonds is 6. The predicted molar refractivity (Wildman–Crippen MR) is 78.3 cm³/mol. The minimum Gasteiger partial charge on any atom is -0.459 e. The summed E-state index contributed by atoms with van der Waals surface area (Å²) in [6, 6.07) is 11.5. The fourth-order valence-corrected chi connectivity index (χ4v) is 2.63. The van der Waals surface area contributed by atoms with Gasteiger partial charge in [-0.1, -0.05) is 25.1 Å². The van der Waals surface area contributed by atoms with Crippen LogP contribution in [0.4, 0.5) is 0 Å². The molecule has 3 heteroatoms. The van der Waals surface area contributed by atoms with Crippen LogP contribution < -0.4 is 5.32 Å². The monoisotopic (exact) mass is 258 g/mol. The van der Waals surface area contributed by atoms with Crippen LogP contribution in [-0.2, 0) is 0 Å². The molecule has 19 heavy (non-hydrogen) atoms. The normalized spacial score (nSPS) is 17.2. The molecule has 1 N–H and O–H groups in total. The molecule has 3 nitrogen and oxygen atoms in total. The van der Waals surface area contributed by atoms with Gasteiger partial charge in [-0.05, 0) is 38.6 Å². The predicted octanol–water partition coefficient (Wildman–Crippen LogP) is 3.18. The molecule has 0 amide bonds. The molecule has 3 rings (SSSR count). The summed E-state index contributed by atoms with van der Waals surface area (Å²) >= 11 is 0. The first-order valence-corrected chi connectivity index (χ1v) is 7.20. The number of furan rings is 1. The number of benzene rings is 1. The summed E-state index contributed by atoms with van der Waals surface area (Å²) in [5, 5.41) is 4.73. The largest absolute Gasteiger partial charge is 0.459 e. The highest BCUT2D eigenvalue weighted by Crippen LogP contribution is 2.29. The lowest BCUT2D eigenvalue weighted by Gasteiger charge is -2.23. The molecule has 1 unspecified atom stereocenters. The number of likely N-dealkylation sites (N-methyl/N-ethyl adjacent to an activating group) is 2. The smallest absolute Gasteiger partial charge is 0.134 e. The summed E-state index contributed by atoms with van der Waals surface area (Å²) in [5.74, 6) is 1.05. The molecule has 0 aliphatic heterocycles. The van der Waals surface area contributed by atoms with Crippen LogP contribution in [0.1, 0.15) is 31.6 Å². The molecular weight excluding hydrogens is 236 g/mol. The third-order valence-electron chi connectivity index (χ3n) is 3.88. The molecule has 0 radical (unpaired) electrons. The first-order chi connectivity index (χ1) is 9.28. The highest BCUT2D eigenvalue weighted by Gasteiger charge is 2.28. The number of fused-ring (bicyclic) bond motifs is 1. The summed E-state index contributed by atoms with van der Waals surface area (Å²) in [7, 11) is 2.21. The molecule has 1 aromatic carbocycles. The Morgan fingerprint density at radius 2 is 2.16 bits per heavy atom. The van der Waals surface area contributed by atoms with Crippen LogP contribution in [0, 0.1) is 0 Å². The summed E-state index contributed by atoms with van der Waals surface area (Å²) in [4.78, 5) is 2.44. The van der Waals surface area contributed by atoms with Gasteiger partial charge in [0.1, 0.15) is 11.3 Å². The Kier molecular flexibility index (Phi) is 3.58. The van der Waals surface area contributed by atoms with Crippen molar-refractivity contribution in [1.82, 2.24) is 10.2 Å². The lowest BCUT2D eigenvalue weighted by molar-refractivity contribution is 0.266. The van der Waals surface area contributed by atoms with E-state index in [0.29, 0.717) is 0 Å². The maximum atomic E-state index is 5.99. The first-order valence-electron chi connectivity index (χ1n) is 7.20. The highest BCUT2D eigenvalue weighted by molar-refractivity contribution is 5.77. The van der Waals surface area contributed by atoms with E-state index in [4.69, 9.17) is 4.42 Å². The number of nitrogens with zero attached hydrogens (tertiary/aromatic N) is 1. The average molecular weight is 258 g/mol. The number of hydrogen-bond acceptors (Lipinski definition) is 3. The summed E-state index contributed by atoms with van der Waals surface area (Å²) in [6.45, 7) is 4.12. The van der Waals surface area contributed by atoms with Gasteiger partial charge in [0.25, 0.3) is 0 Å².